The fourth-order valence-electron chi connectivity index (χ4n) is 2.08. The van der Waals surface area contributed by atoms with Gasteiger partial charge in [0.05, 0.1) is 25.1 Å². The lowest BCUT2D eigenvalue weighted by molar-refractivity contribution is -0.137. The first-order valence-corrected chi connectivity index (χ1v) is 5.96. The number of hydrogen-bond acceptors (Lipinski definition) is 4. The second-order valence-corrected chi connectivity index (χ2v) is 4.61. The van der Waals surface area contributed by atoms with Gasteiger partial charge in [-0.05, 0) is 37.5 Å². The highest BCUT2D eigenvalue weighted by molar-refractivity contribution is 6.05. The second-order valence-electron chi connectivity index (χ2n) is 4.61. The Morgan fingerprint density at radius 2 is 1.89 bits per heavy atom. The van der Waals surface area contributed by atoms with Crippen molar-refractivity contribution < 1.29 is 19.4 Å². The lowest BCUT2D eigenvalue weighted by Crippen LogP contribution is -2.33. The van der Waals surface area contributed by atoms with Crippen LogP contribution in [-0.2, 0) is 4.79 Å². The number of methoxy groups -OCH3 is 1. The summed E-state index contributed by atoms with van der Waals surface area (Å²) in [6, 6.07) is 0.811. The van der Waals surface area contributed by atoms with Crippen LogP contribution in [0.5, 0.6) is 5.75 Å². The fraction of sp³-hybridized carbons (Fsp3) is 0.429. The lowest BCUT2D eigenvalue weighted by atomic mass is 9.92. The van der Waals surface area contributed by atoms with Crippen molar-refractivity contribution in [2.24, 2.45) is 5.73 Å². The molecule has 0 saturated heterocycles. The molecule has 1 rings (SSSR count). The highest BCUT2D eigenvalue weighted by atomic mass is 16.5. The maximum atomic E-state index is 12.3. The molecule has 0 amide bonds. The Morgan fingerprint density at radius 1 is 1.32 bits per heavy atom. The molecule has 19 heavy (non-hydrogen) atoms. The van der Waals surface area contributed by atoms with E-state index in [1.54, 1.807) is 6.92 Å². The van der Waals surface area contributed by atoms with Crippen molar-refractivity contribution in [2.75, 3.05) is 7.11 Å². The number of hydrogen-bond donors (Lipinski definition) is 2. The van der Waals surface area contributed by atoms with E-state index in [-0.39, 0.29) is 0 Å². The van der Waals surface area contributed by atoms with Crippen molar-refractivity contribution >= 4 is 11.8 Å². The van der Waals surface area contributed by atoms with Crippen LogP contribution in [0.2, 0.25) is 0 Å². The SMILES string of the molecule is COc1c(C)c(C)cc(C)c1C(=O)C(N)CC(=O)O. The molecule has 5 heteroatoms. The van der Waals surface area contributed by atoms with Gasteiger partial charge in [-0.3, -0.25) is 9.59 Å². The summed E-state index contributed by atoms with van der Waals surface area (Å²) in [6.07, 6.45) is -0.394. The van der Waals surface area contributed by atoms with E-state index in [9.17, 15) is 9.59 Å². The molecule has 0 spiro atoms. The van der Waals surface area contributed by atoms with Crippen molar-refractivity contribution in [1.82, 2.24) is 0 Å². The van der Waals surface area contributed by atoms with Crippen LogP contribution in [-0.4, -0.2) is 30.0 Å². The summed E-state index contributed by atoms with van der Waals surface area (Å²) in [5.41, 5.74) is 8.63. The number of rotatable bonds is 5. The topological polar surface area (TPSA) is 89.6 Å². The van der Waals surface area contributed by atoms with Crippen LogP contribution in [0, 0.1) is 20.8 Å². The molecule has 0 aliphatic carbocycles. The molecule has 0 fully saturated rings. The van der Waals surface area contributed by atoms with E-state index in [1.165, 1.54) is 7.11 Å². The Kier molecular flexibility index (Phi) is 4.67. The Morgan fingerprint density at radius 3 is 2.37 bits per heavy atom. The molecule has 1 unspecified atom stereocenters. The molecule has 0 saturated carbocycles. The minimum absolute atomic E-state index is 0.374. The summed E-state index contributed by atoms with van der Waals surface area (Å²) in [6.45, 7) is 5.57. The number of nitrogens with two attached hydrogens (primary N) is 1. The molecule has 1 aromatic carbocycles. The number of aryl methyl sites for hydroxylation is 2. The highest BCUT2D eigenvalue weighted by Crippen LogP contribution is 2.30. The van der Waals surface area contributed by atoms with Gasteiger partial charge in [-0.15, -0.1) is 0 Å². The van der Waals surface area contributed by atoms with E-state index >= 15 is 0 Å². The van der Waals surface area contributed by atoms with Crippen molar-refractivity contribution in [3.63, 3.8) is 0 Å². The summed E-state index contributed by atoms with van der Waals surface area (Å²) >= 11 is 0. The molecular weight excluding hydrogens is 246 g/mol. The third kappa shape index (κ3) is 3.12. The Balaban J connectivity index is 3.30. The first-order chi connectivity index (χ1) is 8.79. The second kappa shape index (κ2) is 5.84. The van der Waals surface area contributed by atoms with Gasteiger partial charge in [0.2, 0.25) is 0 Å². The quantitative estimate of drug-likeness (QED) is 0.789. The Labute approximate surface area is 112 Å². The van der Waals surface area contributed by atoms with Crippen LogP contribution in [0.3, 0.4) is 0 Å². The van der Waals surface area contributed by atoms with E-state index in [0.29, 0.717) is 11.3 Å². The van der Waals surface area contributed by atoms with E-state index in [2.05, 4.69) is 0 Å². The van der Waals surface area contributed by atoms with Gasteiger partial charge in [-0.2, -0.15) is 0 Å². The molecule has 0 aliphatic heterocycles. The van der Waals surface area contributed by atoms with Crippen LogP contribution in [0.25, 0.3) is 0 Å². The maximum Gasteiger partial charge on any atom is 0.305 e. The van der Waals surface area contributed by atoms with Crippen molar-refractivity contribution in [3.8, 4) is 5.75 Å². The first kappa shape index (κ1) is 15.2. The Hall–Kier alpha value is -1.88. The molecule has 0 heterocycles. The number of Topliss-reactive ketones (excluding diaryl/α,β-unsaturated/α-hetero) is 1. The van der Waals surface area contributed by atoms with Gasteiger partial charge in [0, 0.05) is 0 Å². The zero-order valence-electron chi connectivity index (χ0n) is 11.6. The molecule has 0 radical (unpaired) electrons. The van der Waals surface area contributed by atoms with Crippen molar-refractivity contribution in [3.05, 3.63) is 28.3 Å². The average molecular weight is 265 g/mol. The minimum Gasteiger partial charge on any atom is -0.496 e. The largest absolute Gasteiger partial charge is 0.496 e. The monoisotopic (exact) mass is 265 g/mol. The molecule has 5 nitrogen and oxygen atoms in total. The standard InChI is InChI=1S/C14H19NO4/c1-7-5-8(2)12(14(19-4)9(7)3)13(18)10(15)6-11(16)17/h5,10H,6,15H2,1-4H3,(H,16,17). The molecule has 104 valence electrons. The van der Waals surface area contributed by atoms with E-state index < -0.39 is 24.2 Å². The molecule has 1 aromatic rings. The predicted molar refractivity (Wildman–Crippen MR) is 71.8 cm³/mol. The smallest absolute Gasteiger partial charge is 0.305 e. The van der Waals surface area contributed by atoms with Crippen LogP contribution in [0.15, 0.2) is 6.07 Å². The van der Waals surface area contributed by atoms with Gasteiger partial charge in [-0.25, -0.2) is 0 Å². The van der Waals surface area contributed by atoms with Gasteiger partial charge in [0.25, 0.3) is 0 Å². The zero-order chi connectivity index (χ0) is 14.7. The number of carbonyl (C=O) groups excluding carboxylic acids is 1. The number of carboxylic acids is 1. The van der Waals surface area contributed by atoms with Crippen LogP contribution >= 0.6 is 0 Å². The first-order valence-electron chi connectivity index (χ1n) is 5.96. The van der Waals surface area contributed by atoms with E-state index in [0.717, 1.165) is 16.7 Å². The summed E-state index contributed by atoms with van der Waals surface area (Å²) in [7, 11) is 1.49. The minimum atomic E-state index is -1.10. The predicted octanol–water partition coefficient (Wildman–Crippen LogP) is 1.61. The summed E-state index contributed by atoms with van der Waals surface area (Å²) in [5.74, 6) is -1.02. The number of aliphatic carboxylic acids is 1. The normalized spacial score (nSPS) is 12.1. The van der Waals surface area contributed by atoms with Crippen LogP contribution in [0.1, 0.15) is 33.5 Å². The number of benzene rings is 1. The van der Waals surface area contributed by atoms with Crippen LogP contribution < -0.4 is 10.5 Å². The highest BCUT2D eigenvalue weighted by Gasteiger charge is 2.25. The molecule has 0 bridgehead atoms. The summed E-state index contributed by atoms with van der Waals surface area (Å²) in [5, 5.41) is 8.71. The van der Waals surface area contributed by atoms with E-state index in [4.69, 9.17) is 15.6 Å². The van der Waals surface area contributed by atoms with Gasteiger partial charge in [0.15, 0.2) is 5.78 Å². The number of ketones is 1. The van der Waals surface area contributed by atoms with Gasteiger partial charge in [-0.1, -0.05) is 6.07 Å². The molecule has 0 aromatic heterocycles. The zero-order valence-corrected chi connectivity index (χ0v) is 11.6. The Bertz CT molecular complexity index is 523. The van der Waals surface area contributed by atoms with Crippen LogP contribution in [0.4, 0.5) is 0 Å². The summed E-state index contributed by atoms with van der Waals surface area (Å²) < 4.78 is 5.29. The fourth-order valence-corrected chi connectivity index (χ4v) is 2.08. The average Bonchev–Trinajstić information content (AvgIpc) is 2.31. The third-order valence-electron chi connectivity index (χ3n) is 3.17. The van der Waals surface area contributed by atoms with Gasteiger partial charge >= 0.3 is 5.97 Å². The lowest BCUT2D eigenvalue weighted by Gasteiger charge is -2.17. The number of carboxylic acid groups (broad SMARTS) is 1. The third-order valence-corrected chi connectivity index (χ3v) is 3.17. The van der Waals surface area contributed by atoms with Gasteiger partial charge < -0.3 is 15.6 Å². The molecule has 3 N–H and O–H groups in total. The maximum absolute atomic E-state index is 12.3. The van der Waals surface area contributed by atoms with Crippen molar-refractivity contribution in [2.45, 2.75) is 33.2 Å². The van der Waals surface area contributed by atoms with Crippen molar-refractivity contribution in [1.29, 1.82) is 0 Å². The molecular formula is C14H19NO4. The number of carbonyl (C=O) groups is 2. The summed E-state index contributed by atoms with van der Waals surface area (Å²) in [4.78, 5) is 22.9. The number of ether oxygens (including phenoxy) is 1. The van der Waals surface area contributed by atoms with E-state index in [1.807, 2.05) is 19.9 Å². The molecule has 0 aliphatic rings. The van der Waals surface area contributed by atoms with Gasteiger partial charge in [0.1, 0.15) is 5.75 Å². The molecule has 1 atom stereocenters.